The van der Waals surface area contributed by atoms with Crippen molar-refractivity contribution in [2.24, 2.45) is 5.92 Å². The molecule has 0 amide bonds. The van der Waals surface area contributed by atoms with Gasteiger partial charge in [0.25, 0.3) is 0 Å². The number of nitro groups is 1. The minimum absolute atomic E-state index is 0.132. The summed E-state index contributed by atoms with van der Waals surface area (Å²) < 4.78 is 5.09. The van der Waals surface area contributed by atoms with E-state index in [4.69, 9.17) is 4.74 Å². The lowest BCUT2D eigenvalue weighted by molar-refractivity contribution is -0.485. The Morgan fingerprint density at radius 1 is 1.04 bits per heavy atom. The van der Waals surface area contributed by atoms with Crippen LogP contribution in [0.1, 0.15) is 28.8 Å². The van der Waals surface area contributed by atoms with E-state index in [2.05, 4.69) is 0 Å². The molecule has 0 radical (unpaired) electrons. The fraction of sp³-hybridized carbons (Fsp3) is 0.263. The van der Waals surface area contributed by atoms with Gasteiger partial charge in [0.15, 0.2) is 5.78 Å². The molecular formula is C19H19NO5. The summed E-state index contributed by atoms with van der Waals surface area (Å²) in [7, 11) is 0. The van der Waals surface area contributed by atoms with Gasteiger partial charge < -0.3 is 4.74 Å². The van der Waals surface area contributed by atoms with E-state index in [1.54, 1.807) is 67.6 Å². The number of rotatable bonds is 8. The largest absolute Gasteiger partial charge is 0.465 e. The van der Waals surface area contributed by atoms with Gasteiger partial charge in [0.1, 0.15) is 5.92 Å². The van der Waals surface area contributed by atoms with Crippen molar-refractivity contribution >= 4 is 11.8 Å². The second kappa shape index (κ2) is 8.73. The van der Waals surface area contributed by atoms with Gasteiger partial charge in [0, 0.05) is 10.5 Å². The minimum Gasteiger partial charge on any atom is -0.465 e. The Bertz CT molecular complexity index is 730. The summed E-state index contributed by atoms with van der Waals surface area (Å²) in [5.41, 5.74) is 0.858. The molecule has 2 unspecified atom stereocenters. The Kier molecular flexibility index (Phi) is 6.39. The van der Waals surface area contributed by atoms with Crippen molar-refractivity contribution in [3.63, 3.8) is 0 Å². The molecule has 0 aromatic heterocycles. The van der Waals surface area contributed by atoms with E-state index in [-0.39, 0.29) is 6.61 Å². The van der Waals surface area contributed by atoms with Crippen LogP contribution in [0.25, 0.3) is 0 Å². The Hall–Kier alpha value is -3.02. The minimum atomic E-state index is -1.14. The lowest BCUT2D eigenvalue weighted by Crippen LogP contribution is -2.34. The zero-order chi connectivity index (χ0) is 18.2. The highest BCUT2D eigenvalue weighted by atomic mass is 16.6. The molecule has 6 heteroatoms. The van der Waals surface area contributed by atoms with Crippen molar-refractivity contribution in [1.82, 2.24) is 0 Å². The van der Waals surface area contributed by atoms with Crippen LogP contribution in [0.3, 0.4) is 0 Å². The smallest absolute Gasteiger partial charge is 0.314 e. The second-order valence-corrected chi connectivity index (χ2v) is 5.49. The van der Waals surface area contributed by atoms with Crippen LogP contribution in [-0.4, -0.2) is 29.8 Å². The monoisotopic (exact) mass is 341 g/mol. The number of carbonyl (C=O) groups excluding carboxylic acids is 2. The van der Waals surface area contributed by atoms with Crippen molar-refractivity contribution < 1.29 is 19.2 Å². The Labute approximate surface area is 145 Å². The fourth-order valence-electron chi connectivity index (χ4n) is 2.74. The first kappa shape index (κ1) is 18.3. The number of Topliss-reactive ketones (excluding diaryl/α,β-unsaturated/α-hetero) is 1. The summed E-state index contributed by atoms with van der Waals surface area (Å²) in [5, 5.41) is 11.2. The van der Waals surface area contributed by atoms with Gasteiger partial charge in [0.05, 0.1) is 12.5 Å². The van der Waals surface area contributed by atoms with Crippen molar-refractivity contribution in [2.45, 2.75) is 12.8 Å². The van der Waals surface area contributed by atoms with Gasteiger partial charge in [-0.3, -0.25) is 19.7 Å². The average Bonchev–Trinajstić information content (AvgIpc) is 2.62. The third kappa shape index (κ3) is 4.73. The number of hydrogen-bond donors (Lipinski definition) is 0. The van der Waals surface area contributed by atoms with Gasteiger partial charge in [-0.25, -0.2) is 0 Å². The zero-order valence-electron chi connectivity index (χ0n) is 13.8. The molecule has 2 aromatic rings. The van der Waals surface area contributed by atoms with E-state index in [9.17, 15) is 19.7 Å². The summed E-state index contributed by atoms with van der Waals surface area (Å²) in [5.74, 6) is -3.25. The number of esters is 1. The Balaban J connectivity index is 2.47. The highest BCUT2D eigenvalue weighted by Crippen LogP contribution is 2.29. The molecular weight excluding hydrogens is 322 g/mol. The van der Waals surface area contributed by atoms with Gasteiger partial charge >= 0.3 is 5.97 Å². The van der Waals surface area contributed by atoms with E-state index < -0.39 is 35.1 Å². The molecule has 0 aliphatic rings. The van der Waals surface area contributed by atoms with E-state index in [1.807, 2.05) is 0 Å². The summed E-state index contributed by atoms with van der Waals surface area (Å²) in [6.07, 6.45) is 0. The average molecular weight is 341 g/mol. The van der Waals surface area contributed by atoms with E-state index in [0.717, 1.165) is 0 Å². The van der Waals surface area contributed by atoms with Crippen LogP contribution >= 0.6 is 0 Å². The van der Waals surface area contributed by atoms with Gasteiger partial charge in [-0.05, 0) is 12.5 Å². The molecule has 130 valence electrons. The molecule has 0 N–H and O–H groups in total. The van der Waals surface area contributed by atoms with Crippen LogP contribution in [0.15, 0.2) is 60.7 Å². The molecule has 0 saturated heterocycles. The highest BCUT2D eigenvalue weighted by molar-refractivity contribution is 6.01. The van der Waals surface area contributed by atoms with Crippen LogP contribution in [0.5, 0.6) is 0 Å². The maximum absolute atomic E-state index is 12.9. The predicted octanol–water partition coefficient (Wildman–Crippen LogP) is 3.11. The molecule has 2 rings (SSSR count). The molecule has 25 heavy (non-hydrogen) atoms. The summed E-state index contributed by atoms with van der Waals surface area (Å²) >= 11 is 0. The Morgan fingerprint density at radius 3 is 2.12 bits per heavy atom. The molecule has 0 aliphatic heterocycles. The predicted molar refractivity (Wildman–Crippen MR) is 91.9 cm³/mol. The topological polar surface area (TPSA) is 86.5 Å². The first-order chi connectivity index (χ1) is 12.0. The number of nitrogens with zero attached hydrogens (tertiary/aromatic N) is 1. The third-order valence-corrected chi connectivity index (χ3v) is 3.84. The van der Waals surface area contributed by atoms with Crippen LogP contribution < -0.4 is 0 Å². The zero-order valence-corrected chi connectivity index (χ0v) is 13.8. The molecule has 0 spiro atoms. The lowest BCUT2D eigenvalue weighted by Gasteiger charge is -2.22. The highest BCUT2D eigenvalue weighted by Gasteiger charge is 2.39. The van der Waals surface area contributed by atoms with E-state index >= 15 is 0 Å². The lowest BCUT2D eigenvalue weighted by atomic mass is 9.81. The third-order valence-electron chi connectivity index (χ3n) is 3.84. The molecule has 0 aliphatic carbocycles. The second-order valence-electron chi connectivity index (χ2n) is 5.49. The number of carbonyl (C=O) groups is 2. The van der Waals surface area contributed by atoms with Gasteiger partial charge in [-0.1, -0.05) is 60.7 Å². The standard InChI is InChI=1S/C19H19NO5/c1-2-25-19(22)17(14-9-5-3-6-10-14)16(13-20(23)24)18(21)15-11-7-4-8-12-15/h3-12,16-17H,2,13H2,1H3. The molecule has 0 heterocycles. The van der Waals surface area contributed by atoms with Crippen molar-refractivity contribution in [3.05, 3.63) is 81.9 Å². The molecule has 2 aromatic carbocycles. The summed E-state index contributed by atoms with van der Waals surface area (Å²) in [6, 6.07) is 16.8. The molecule has 2 atom stereocenters. The quantitative estimate of drug-likeness (QED) is 0.319. The van der Waals surface area contributed by atoms with Crippen molar-refractivity contribution in [2.75, 3.05) is 13.2 Å². The molecule has 0 saturated carbocycles. The van der Waals surface area contributed by atoms with Gasteiger partial charge in [0.2, 0.25) is 6.54 Å². The number of hydrogen-bond acceptors (Lipinski definition) is 5. The van der Waals surface area contributed by atoms with E-state index in [1.165, 1.54) is 0 Å². The molecule has 6 nitrogen and oxygen atoms in total. The van der Waals surface area contributed by atoms with Crippen LogP contribution in [0.4, 0.5) is 0 Å². The SMILES string of the molecule is CCOC(=O)C(c1ccccc1)C(C[N+](=O)[O-])C(=O)c1ccccc1. The first-order valence-electron chi connectivity index (χ1n) is 7.97. The number of benzene rings is 2. The maximum atomic E-state index is 12.9. The van der Waals surface area contributed by atoms with Crippen molar-refractivity contribution in [3.8, 4) is 0 Å². The maximum Gasteiger partial charge on any atom is 0.314 e. The van der Waals surface area contributed by atoms with Crippen LogP contribution in [0, 0.1) is 16.0 Å². The molecule has 0 bridgehead atoms. The first-order valence-corrected chi connectivity index (χ1v) is 7.97. The fourth-order valence-corrected chi connectivity index (χ4v) is 2.74. The molecule has 0 fully saturated rings. The van der Waals surface area contributed by atoms with E-state index in [0.29, 0.717) is 11.1 Å². The van der Waals surface area contributed by atoms with Crippen LogP contribution in [-0.2, 0) is 9.53 Å². The van der Waals surface area contributed by atoms with Crippen LogP contribution in [0.2, 0.25) is 0 Å². The number of ketones is 1. The number of ether oxygens (including phenoxy) is 1. The van der Waals surface area contributed by atoms with Gasteiger partial charge in [-0.15, -0.1) is 0 Å². The van der Waals surface area contributed by atoms with Crippen molar-refractivity contribution in [1.29, 1.82) is 0 Å². The normalized spacial score (nSPS) is 12.8. The summed E-state index contributed by atoms with van der Waals surface area (Å²) in [4.78, 5) is 36.0. The summed E-state index contributed by atoms with van der Waals surface area (Å²) in [6.45, 7) is 1.14. The van der Waals surface area contributed by atoms with Gasteiger partial charge in [-0.2, -0.15) is 0 Å². The Morgan fingerprint density at radius 2 is 1.60 bits per heavy atom.